The van der Waals surface area contributed by atoms with Gasteiger partial charge in [-0.3, -0.25) is 4.79 Å². The fourth-order valence-electron chi connectivity index (χ4n) is 3.66. The Kier molecular flexibility index (Phi) is 7.44. The Morgan fingerprint density at radius 1 is 0.941 bits per heavy atom. The number of benzene rings is 3. The SMILES string of the molecule is CN(C)CCC(=O)NCc1cc(-c2ccc3ncnc(NCc4ccccc4)c3c2)ccc1F. The molecule has 34 heavy (non-hydrogen) atoms. The molecule has 174 valence electrons. The Balaban J connectivity index is 1.55. The van der Waals surface area contributed by atoms with Gasteiger partial charge in [-0.25, -0.2) is 14.4 Å². The molecule has 1 amide bonds. The molecule has 0 spiro atoms. The van der Waals surface area contributed by atoms with Crippen molar-refractivity contribution >= 4 is 22.6 Å². The van der Waals surface area contributed by atoms with Crippen molar-refractivity contribution in [3.8, 4) is 11.1 Å². The topological polar surface area (TPSA) is 70.2 Å². The largest absolute Gasteiger partial charge is 0.365 e. The summed E-state index contributed by atoms with van der Waals surface area (Å²) in [7, 11) is 3.82. The summed E-state index contributed by atoms with van der Waals surface area (Å²) < 4.78 is 14.4. The summed E-state index contributed by atoms with van der Waals surface area (Å²) in [5, 5.41) is 7.09. The van der Waals surface area contributed by atoms with Crippen LogP contribution in [0, 0.1) is 5.82 Å². The zero-order valence-corrected chi connectivity index (χ0v) is 19.4. The lowest BCUT2D eigenvalue weighted by molar-refractivity contribution is -0.121. The highest BCUT2D eigenvalue weighted by Crippen LogP contribution is 2.28. The highest BCUT2D eigenvalue weighted by molar-refractivity contribution is 5.92. The Morgan fingerprint density at radius 3 is 2.50 bits per heavy atom. The standard InChI is InChI=1S/C27H28FN5O/c1-33(2)13-12-26(34)29-17-22-14-20(8-10-24(22)28)21-9-11-25-23(15-21)27(32-18-31-25)30-16-19-6-4-3-5-7-19/h3-11,14-15,18H,12-13,16-17H2,1-2H3,(H,29,34)(H,30,31,32). The first kappa shape index (κ1) is 23.3. The average molecular weight is 458 g/mol. The van der Waals surface area contributed by atoms with Gasteiger partial charge in [0.15, 0.2) is 0 Å². The first-order chi connectivity index (χ1) is 16.5. The zero-order chi connectivity index (χ0) is 23.9. The summed E-state index contributed by atoms with van der Waals surface area (Å²) in [5.74, 6) is 0.299. The van der Waals surface area contributed by atoms with Gasteiger partial charge < -0.3 is 15.5 Å². The van der Waals surface area contributed by atoms with Gasteiger partial charge in [-0.05, 0) is 55.1 Å². The predicted octanol–water partition coefficient (Wildman–Crippen LogP) is 4.62. The molecule has 1 heterocycles. The number of hydrogen-bond donors (Lipinski definition) is 2. The van der Waals surface area contributed by atoms with E-state index in [1.54, 1.807) is 18.5 Å². The van der Waals surface area contributed by atoms with Crippen molar-refractivity contribution in [1.29, 1.82) is 0 Å². The van der Waals surface area contributed by atoms with Gasteiger partial charge in [0, 0.05) is 37.0 Å². The van der Waals surface area contributed by atoms with Gasteiger partial charge in [-0.15, -0.1) is 0 Å². The number of halogens is 1. The number of aromatic nitrogens is 2. The molecule has 0 atom stereocenters. The van der Waals surface area contributed by atoms with Crippen molar-refractivity contribution in [3.05, 3.63) is 90.0 Å². The molecule has 0 unspecified atom stereocenters. The fraction of sp³-hybridized carbons (Fsp3) is 0.222. The molecule has 0 aliphatic carbocycles. The maximum Gasteiger partial charge on any atom is 0.221 e. The summed E-state index contributed by atoms with van der Waals surface area (Å²) >= 11 is 0. The summed E-state index contributed by atoms with van der Waals surface area (Å²) in [6.45, 7) is 1.44. The molecule has 7 heteroatoms. The number of hydrogen-bond acceptors (Lipinski definition) is 5. The second-order valence-corrected chi connectivity index (χ2v) is 8.43. The van der Waals surface area contributed by atoms with Crippen LogP contribution in [0.25, 0.3) is 22.0 Å². The van der Waals surface area contributed by atoms with Crippen molar-refractivity contribution in [2.24, 2.45) is 0 Å². The molecule has 2 N–H and O–H groups in total. The fourth-order valence-corrected chi connectivity index (χ4v) is 3.66. The van der Waals surface area contributed by atoms with Crippen LogP contribution < -0.4 is 10.6 Å². The van der Waals surface area contributed by atoms with Gasteiger partial charge in [-0.2, -0.15) is 0 Å². The van der Waals surface area contributed by atoms with E-state index in [0.29, 0.717) is 25.1 Å². The number of carbonyl (C=O) groups excluding carboxylic acids is 1. The van der Waals surface area contributed by atoms with Crippen molar-refractivity contribution in [2.75, 3.05) is 26.0 Å². The van der Waals surface area contributed by atoms with E-state index in [1.165, 1.54) is 6.07 Å². The van der Waals surface area contributed by atoms with Gasteiger partial charge in [-0.1, -0.05) is 42.5 Å². The van der Waals surface area contributed by atoms with E-state index >= 15 is 0 Å². The number of anilines is 1. The number of nitrogens with zero attached hydrogens (tertiary/aromatic N) is 3. The number of amides is 1. The van der Waals surface area contributed by atoms with Gasteiger partial charge in [0.25, 0.3) is 0 Å². The molecule has 0 aliphatic heterocycles. The van der Waals surface area contributed by atoms with Crippen LogP contribution in [-0.2, 0) is 17.9 Å². The number of nitrogens with one attached hydrogen (secondary N) is 2. The smallest absolute Gasteiger partial charge is 0.221 e. The number of rotatable bonds is 9. The van der Waals surface area contributed by atoms with E-state index in [4.69, 9.17) is 0 Å². The molecule has 0 radical (unpaired) electrons. The zero-order valence-electron chi connectivity index (χ0n) is 19.4. The van der Waals surface area contributed by atoms with Crippen molar-refractivity contribution in [1.82, 2.24) is 20.2 Å². The minimum absolute atomic E-state index is 0.101. The molecule has 0 saturated carbocycles. The Labute approximate surface area is 198 Å². The van der Waals surface area contributed by atoms with Gasteiger partial charge in [0.1, 0.15) is 18.0 Å². The van der Waals surface area contributed by atoms with Gasteiger partial charge in [0.2, 0.25) is 5.91 Å². The average Bonchev–Trinajstić information content (AvgIpc) is 2.86. The Bertz CT molecular complexity index is 1280. The van der Waals surface area contributed by atoms with E-state index < -0.39 is 0 Å². The quantitative estimate of drug-likeness (QED) is 0.384. The predicted molar refractivity (Wildman–Crippen MR) is 134 cm³/mol. The van der Waals surface area contributed by atoms with E-state index in [9.17, 15) is 9.18 Å². The molecule has 4 aromatic rings. The first-order valence-electron chi connectivity index (χ1n) is 11.2. The van der Waals surface area contributed by atoms with Gasteiger partial charge in [0.05, 0.1) is 5.52 Å². The van der Waals surface area contributed by atoms with E-state index in [1.807, 2.05) is 55.4 Å². The van der Waals surface area contributed by atoms with Gasteiger partial charge >= 0.3 is 0 Å². The van der Waals surface area contributed by atoms with E-state index in [-0.39, 0.29) is 18.3 Å². The molecule has 0 bridgehead atoms. The maximum atomic E-state index is 14.4. The molecule has 0 fully saturated rings. The maximum absolute atomic E-state index is 14.4. The summed E-state index contributed by atoms with van der Waals surface area (Å²) in [5.41, 5.74) is 4.21. The van der Waals surface area contributed by atoms with Crippen molar-refractivity contribution in [3.63, 3.8) is 0 Å². The Hall–Kier alpha value is -3.84. The first-order valence-corrected chi connectivity index (χ1v) is 11.2. The summed E-state index contributed by atoms with van der Waals surface area (Å²) in [6, 6.07) is 21.0. The van der Waals surface area contributed by atoms with E-state index in [0.717, 1.165) is 33.4 Å². The lowest BCUT2D eigenvalue weighted by atomic mass is 10.0. The molecule has 6 nitrogen and oxygen atoms in total. The molecular weight excluding hydrogens is 429 g/mol. The number of carbonyl (C=O) groups is 1. The third kappa shape index (κ3) is 5.94. The normalized spacial score (nSPS) is 11.1. The van der Waals surface area contributed by atoms with Crippen LogP contribution in [0.2, 0.25) is 0 Å². The third-order valence-corrected chi connectivity index (χ3v) is 5.58. The minimum Gasteiger partial charge on any atom is -0.365 e. The lowest BCUT2D eigenvalue weighted by Crippen LogP contribution is -2.27. The van der Waals surface area contributed by atoms with Crippen molar-refractivity contribution < 1.29 is 9.18 Å². The van der Waals surface area contributed by atoms with Crippen molar-refractivity contribution in [2.45, 2.75) is 19.5 Å². The lowest BCUT2D eigenvalue weighted by Gasteiger charge is -2.12. The highest BCUT2D eigenvalue weighted by atomic mass is 19.1. The third-order valence-electron chi connectivity index (χ3n) is 5.58. The van der Waals surface area contributed by atoms with E-state index in [2.05, 4.69) is 32.7 Å². The summed E-state index contributed by atoms with van der Waals surface area (Å²) in [4.78, 5) is 22.8. The summed E-state index contributed by atoms with van der Waals surface area (Å²) in [6.07, 6.45) is 1.92. The van der Waals surface area contributed by atoms with Crippen LogP contribution in [0.1, 0.15) is 17.5 Å². The second kappa shape index (κ2) is 10.9. The molecule has 4 rings (SSSR count). The van der Waals surface area contributed by atoms with Crippen LogP contribution >= 0.6 is 0 Å². The monoisotopic (exact) mass is 457 g/mol. The second-order valence-electron chi connectivity index (χ2n) is 8.43. The number of fused-ring (bicyclic) bond motifs is 1. The Morgan fingerprint density at radius 2 is 1.71 bits per heavy atom. The van der Waals surface area contributed by atoms with Crippen LogP contribution in [0.4, 0.5) is 10.2 Å². The molecule has 0 saturated heterocycles. The van der Waals surface area contributed by atoms with Crippen LogP contribution in [0.5, 0.6) is 0 Å². The molecule has 3 aromatic carbocycles. The molecular formula is C27H28FN5O. The highest BCUT2D eigenvalue weighted by Gasteiger charge is 2.10. The molecule has 1 aromatic heterocycles. The minimum atomic E-state index is -0.342. The van der Waals surface area contributed by atoms with Crippen LogP contribution in [-0.4, -0.2) is 41.4 Å². The molecule has 0 aliphatic rings. The van der Waals surface area contributed by atoms with Crippen LogP contribution in [0.3, 0.4) is 0 Å². The van der Waals surface area contributed by atoms with Crippen LogP contribution in [0.15, 0.2) is 73.1 Å².